The number of aryl methyl sites for hydroxylation is 1. The average Bonchev–Trinajstić information content (AvgIpc) is 2.81. The van der Waals surface area contributed by atoms with Gasteiger partial charge in [-0.05, 0) is 25.1 Å². The van der Waals surface area contributed by atoms with Crippen molar-refractivity contribution in [3.63, 3.8) is 0 Å². The number of hydrogen-bond acceptors (Lipinski definition) is 4. The van der Waals surface area contributed by atoms with E-state index in [1.54, 1.807) is 12.4 Å². The zero-order valence-electron chi connectivity index (χ0n) is 10.8. The number of nitrogens with zero attached hydrogens (tertiary/aromatic N) is 1. The maximum absolute atomic E-state index is 12.2. The Hall–Kier alpha value is -1.46. The number of amides is 1. The monoisotopic (exact) mass is 249 g/mol. The lowest BCUT2D eigenvalue weighted by atomic mass is 10.0. The van der Waals surface area contributed by atoms with Crippen molar-refractivity contribution in [2.75, 3.05) is 25.1 Å². The fraction of sp³-hybridized carbons (Fsp3) is 0.538. The summed E-state index contributed by atoms with van der Waals surface area (Å²) in [4.78, 5) is 16.2. The molecule has 1 aliphatic rings. The molecule has 1 aromatic rings. The first-order valence-corrected chi connectivity index (χ1v) is 6.25. The summed E-state index contributed by atoms with van der Waals surface area (Å²) in [5, 5.41) is 6.19. The lowest BCUT2D eigenvalue weighted by Gasteiger charge is -2.18. The van der Waals surface area contributed by atoms with Crippen LogP contribution in [0.5, 0.6) is 0 Å². The van der Waals surface area contributed by atoms with Gasteiger partial charge in [-0.1, -0.05) is 6.92 Å². The molecular formula is C13H19N3O2. The van der Waals surface area contributed by atoms with Crippen molar-refractivity contribution >= 4 is 11.6 Å². The highest BCUT2D eigenvalue weighted by atomic mass is 16.5. The maximum atomic E-state index is 12.2. The first-order chi connectivity index (χ1) is 8.72. The number of aromatic nitrogens is 1. The third-order valence-corrected chi connectivity index (χ3v) is 3.18. The molecule has 5 nitrogen and oxygen atoms in total. The minimum Gasteiger partial charge on any atom is -0.379 e. The zero-order valence-corrected chi connectivity index (χ0v) is 10.8. The third kappa shape index (κ3) is 2.86. The van der Waals surface area contributed by atoms with Crippen LogP contribution in [0.2, 0.25) is 0 Å². The molecule has 0 aromatic carbocycles. The Balaban J connectivity index is 2.01. The van der Waals surface area contributed by atoms with Gasteiger partial charge >= 0.3 is 0 Å². The molecule has 5 heteroatoms. The van der Waals surface area contributed by atoms with Gasteiger partial charge in [-0.15, -0.1) is 0 Å². The highest BCUT2D eigenvalue weighted by Crippen LogP contribution is 2.18. The van der Waals surface area contributed by atoms with Crippen molar-refractivity contribution in [1.82, 2.24) is 10.3 Å². The summed E-state index contributed by atoms with van der Waals surface area (Å²) in [6.45, 7) is 5.88. The van der Waals surface area contributed by atoms with E-state index in [0.717, 1.165) is 17.8 Å². The molecule has 2 rings (SSSR count). The Labute approximate surface area is 107 Å². The summed E-state index contributed by atoms with van der Waals surface area (Å²) in [5.41, 5.74) is 1.78. The van der Waals surface area contributed by atoms with Gasteiger partial charge in [0, 0.05) is 12.2 Å². The number of nitrogens with one attached hydrogen (secondary N) is 2. The standard InChI is InChI=1S/C13H19N3O2/c1-3-15-12-8-18-7-10(12)13(17)16-11-6-14-5-4-9(11)2/h4-6,10,12,15H,3,7-8H2,1-2H3,(H,16,17). The molecule has 2 heterocycles. The molecule has 1 aliphatic heterocycles. The summed E-state index contributed by atoms with van der Waals surface area (Å²) in [7, 11) is 0. The van der Waals surface area contributed by atoms with Gasteiger partial charge < -0.3 is 15.4 Å². The number of pyridine rings is 1. The normalized spacial score (nSPS) is 23.0. The van der Waals surface area contributed by atoms with Crippen LogP contribution >= 0.6 is 0 Å². The summed E-state index contributed by atoms with van der Waals surface area (Å²) >= 11 is 0. The SMILES string of the molecule is CCNC1COCC1C(=O)Nc1cnccc1C. The second-order valence-electron chi connectivity index (χ2n) is 4.49. The Bertz CT molecular complexity index is 422. The lowest BCUT2D eigenvalue weighted by molar-refractivity contribution is -0.120. The summed E-state index contributed by atoms with van der Waals surface area (Å²) in [6, 6.07) is 1.98. The zero-order chi connectivity index (χ0) is 13.0. The molecular weight excluding hydrogens is 230 g/mol. The second-order valence-corrected chi connectivity index (χ2v) is 4.49. The molecule has 1 saturated heterocycles. The molecule has 2 unspecified atom stereocenters. The molecule has 98 valence electrons. The lowest BCUT2D eigenvalue weighted by Crippen LogP contribution is -2.41. The van der Waals surface area contributed by atoms with Crippen molar-refractivity contribution in [3.05, 3.63) is 24.0 Å². The van der Waals surface area contributed by atoms with E-state index in [1.807, 2.05) is 19.9 Å². The number of rotatable bonds is 4. The largest absolute Gasteiger partial charge is 0.379 e. The van der Waals surface area contributed by atoms with E-state index in [-0.39, 0.29) is 17.9 Å². The number of likely N-dealkylation sites (N-methyl/N-ethyl adjacent to an activating group) is 1. The van der Waals surface area contributed by atoms with Gasteiger partial charge in [-0.2, -0.15) is 0 Å². The Morgan fingerprint density at radius 2 is 2.39 bits per heavy atom. The predicted molar refractivity (Wildman–Crippen MR) is 69.4 cm³/mol. The molecule has 0 saturated carbocycles. The first-order valence-electron chi connectivity index (χ1n) is 6.25. The molecule has 1 fully saturated rings. The first kappa shape index (κ1) is 13.0. The number of anilines is 1. The average molecular weight is 249 g/mol. The van der Waals surface area contributed by atoms with E-state index >= 15 is 0 Å². The molecule has 2 N–H and O–H groups in total. The van der Waals surface area contributed by atoms with E-state index in [0.29, 0.717) is 13.2 Å². The summed E-state index contributed by atoms with van der Waals surface area (Å²) in [5.74, 6) is -0.140. The Morgan fingerprint density at radius 3 is 3.11 bits per heavy atom. The van der Waals surface area contributed by atoms with Crippen LogP contribution in [0, 0.1) is 12.8 Å². The van der Waals surface area contributed by atoms with Crippen molar-refractivity contribution in [2.45, 2.75) is 19.9 Å². The van der Waals surface area contributed by atoms with Crippen LogP contribution in [0.15, 0.2) is 18.5 Å². The van der Waals surface area contributed by atoms with Crippen molar-refractivity contribution in [3.8, 4) is 0 Å². The minimum atomic E-state index is -0.135. The molecule has 0 aliphatic carbocycles. The fourth-order valence-electron chi connectivity index (χ4n) is 2.10. The van der Waals surface area contributed by atoms with E-state index in [1.165, 1.54) is 0 Å². The van der Waals surface area contributed by atoms with E-state index < -0.39 is 0 Å². The van der Waals surface area contributed by atoms with Crippen LogP contribution in [0.4, 0.5) is 5.69 Å². The minimum absolute atomic E-state index is 0.00505. The quantitative estimate of drug-likeness (QED) is 0.834. The van der Waals surface area contributed by atoms with Crippen LogP contribution in [-0.4, -0.2) is 36.7 Å². The third-order valence-electron chi connectivity index (χ3n) is 3.18. The molecule has 0 radical (unpaired) electrons. The van der Waals surface area contributed by atoms with Crippen LogP contribution in [0.1, 0.15) is 12.5 Å². The molecule has 18 heavy (non-hydrogen) atoms. The van der Waals surface area contributed by atoms with Crippen LogP contribution < -0.4 is 10.6 Å². The van der Waals surface area contributed by atoms with E-state index in [2.05, 4.69) is 15.6 Å². The van der Waals surface area contributed by atoms with Crippen molar-refractivity contribution < 1.29 is 9.53 Å². The molecule has 2 atom stereocenters. The summed E-state index contributed by atoms with van der Waals surface area (Å²) in [6.07, 6.45) is 3.39. The van der Waals surface area contributed by atoms with Crippen LogP contribution in [0.3, 0.4) is 0 Å². The number of carbonyl (C=O) groups is 1. The topological polar surface area (TPSA) is 63.2 Å². The van der Waals surface area contributed by atoms with Crippen LogP contribution in [0.25, 0.3) is 0 Å². The summed E-state index contributed by atoms with van der Waals surface area (Å²) < 4.78 is 5.37. The number of carbonyl (C=O) groups excluding carboxylic acids is 1. The van der Waals surface area contributed by atoms with E-state index in [4.69, 9.17) is 4.74 Å². The molecule has 1 aromatic heterocycles. The van der Waals surface area contributed by atoms with Gasteiger partial charge in [0.2, 0.25) is 5.91 Å². The van der Waals surface area contributed by atoms with Gasteiger partial charge in [0.25, 0.3) is 0 Å². The smallest absolute Gasteiger partial charge is 0.231 e. The Kier molecular flexibility index (Phi) is 4.28. The fourth-order valence-corrected chi connectivity index (χ4v) is 2.10. The van der Waals surface area contributed by atoms with Gasteiger partial charge in [-0.3, -0.25) is 9.78 Å². The van der Waals surface area contributed by atoms with Gasteiger partial charge in [0.1, 0.15) is 0 Å². The predicted octanol–water partition coefficient (Wildman–Crippen LogP) is 0.953. The van der Waals surface area contributed by atoms with Gasteiger partial charge in [-0.25, -0.2) is 0 Å². The van der Waals surface area contributed by atoms with E-state index in [9.17, 15) is 4.79 Å². The Morgan fingerprint density at radius 1 is 1.56 bits per heavy atom. The molecule has 0 bridgehead atoms. The highest BCUT2D eigenvalue weighted by Gasteiger charge is 2.33. The number of hydrogen-bond donors (Lipinski definition) is 2. The van der Waals surface area contributed by atoms with Gasteiger partial charge in [0.15, 0.2) is 0 Å². The molecule has 1 amide bonds. The van der Waals surface area contributed by atoms with Gasteiger partial charge in [0.05, 0.1) is 31.0 Å². The maximum Gasteiger partial charge on any atom is 0.231 e. The van der Waals surface area contributed by atoms with Crippen molar-refractivity contribution in [2.24, 2.45) is 5.92 Å². The number of ether oxygens (including phenoxy) is 1. The molecule has 0 spiro atoms. The van der Waals surface area contributed by atoms with Crippen LogP contribution in [-0.2, 0) is 9.53 Å². The van der Waals surface area contributed by atoms with Crippen molar-refractivity contribution in [1.29, 1.82) is 0 Å². The second kappa shape index (κ2) is 5.93. The highest BCUT2D eigenvalue weighted by molar-refractivity contribution is 5.93.